The van der Waals surface area contributed by atoms with E-state index in [1.807, 2.05) is 0 Å². The highest BCUT2D eigenvalue weighted by atomic mass is 79.9. The zero-order valence-corrected chi connectivity index (χ0v) is 13.4. The third kappa shape index (κ3) is 2.55. The largest absolute Gasteiger partial charge is 0.366 e. The first-order valence-electron chi connectivity index (χ1n) is 6.36. The molecule has 1 aliphatic rings. The molecule has 0 N–H and O–H groups in total. The molecule has 1 aromatic rings. The van der Waals surface area contributed by atoms with Crippen molar-refractivity contribution in [2.24, 2.45) is 5.41 Å². The Morgan fingerprint density at radius 1 is 1.22 bits per heavy atom. The lowest BCUT2D eigenvalue weighted by atomic mass is 9.75. The highest BCUT2D eigenvalue weighted by Crippen LogP contribution is 2.46. The summed E-state index contributed by atoms with van der Waals surface area (Å²) in [6.45, 7) is 11.8. The normalized spacial score (nSPS) is 19.4. The van der Waals surface area contributed by atoms with Crippen LogP contribution in [0.5, 0.6) is 0 Å². The molecule has 0 spiro atoms. The Morgan fingerprint density at radius 2 is 1.89 bits per heavy atom. The van der Waals surface area contributed by atoms with Crippen molar-refractivity contribution in [1.29, 1.82) is 0 Å². The number of hydrogen-bond donors (Lipinski definition) is 0. The topological polar surface area (TPSA) is 9.23 Å². The summed E-state index contributed by atoms with van der Waals surface area (Å²) in [5, 5.41) is 0. The molecular formula is C16H21BrO. The quantitative estimate of drug-likeness (QED) is 0.705. The van der Waals surface area contributed by atoms with Crippen LogP contribution in [0, 0.1) is 5.41 Å². The van der Waals surface area contributed by atoms with Crippen LogP contribution in [0.4, 0.5) is 0 Å². The van der Waals surface area contributed by atoms with Crippen molar-refractivity contribution in [2.75, 3.05) is 6.61 Å². The summed E-state index contributed by atoms with van der Waals surface area (Å²) in [5.74, 6) is 0. The van der Waals surface area contributed by atoms with Crippen LogP contribution in [-0.2, 0) is 4.74 Å². The minimum Gasteiger partial charge on any atom is -0.366 e. The van der Waals surface area contributed by atoms with E-state index in [0.717, 1.165) is 4.47 Å². The van der Waals surface area contributed by atoms with Crippen LogP contribution in [0.2, 0.25) is 0 Å². The number of halogens is 1. The average molecular weight is 309 g/mol. The van der Waals surface area contributed by atoms with Crippen molar-refractivity contribution in [1.82, 2.24) is 0 Å². The molecule has 1 heterocycles. The predicted molar refractivity (Wildman–Crippen MR) is 80.5 cm³/mol. The van der Waals surface area contributed by atoms with Gasteiger partial charge in [-0.1, -0.05) is 48.8 Å². The van der Waals surface area contributed by atoms with Crippen molar-refractivity contribution < 1.29 is 4.74 Å². The van der Waals surface area contributed by atoms with E-state index in [1.54, 1.807) is 0 Å². The molecule has 1 nitrogen and oxygen atoms in total. The highest BCUT2D eigenvalue weighted by Gasteiger charge is 2.40. The molecule has 0 aliphatic carbocycles. The maximum Gasteiger partial charge on any atom is 0.0851 e. The number of benzene rings is 1. The second-order valence-corrected chi connectivity index (χ2v) is 7.33. The highest BCUT2D eigenvalue weighted by molar-refractivity contribution is 9.10. The van der Waals surface area contributed by atoms with Crippen molar-refractivity contribution in [2.45, 2.75) is 40.2 Å². The van der Waals surface area contributed by atoms with Crippen molar-refractivity contribution in [3.05, 3.63) is 39.9 Å². The minimum atomic E-state index is -0.171. The number of rotatable bonds is 1. The fraction of sp³-hybridized carbons (Fsp3) is 0.500. The van der Waals surface area contributed by atoms with Gasteiger partial charge < -0.3 is 4.74 Å². The van der Waals surface area contributed by atoms with E-state index >= 15 is 0 Å². The molecule has 0 bridgehead atoms. The third-order valence-corrected chi connectivity index (χ3v) is 3.90. The predicted octanol–water partition coefficient (Wildman–Crippen LogP) is 5.06. The van der Waals surface area contributed by atoms with E-state index in [9.17, 15) is 0 Å². The van der Waals surface area contributed by atoms with Crippen LogP contribution in [0.15, 0.2) is 34.3 Å². The lowest BCUT2D eigenvalue weighted by Gasteiger charge is -2.32. The van der Waals surface area contributed by atoms with Gasteiger partial charge in [0.1, 0.15) is 0 Å². The Balaban J connectivity index is 2.60. The Hall–Kier alpha value is -0.600. The van der Waals surface area contributed by atoms with E-state index in [2.05, 4.69) is 74.8 Å². The summed E-state index contributed by atoms with van der Waals surface area (Å²) in [4.78, 5) is 0. The molecular weight excluding hydrogens is 288 g/mol. The molecule has 0 atom stereocenters. The van der Waals surface area contributed by atoms with E-state index in [0.29, 0.717) is 6.61 Å². The van der Waals surface area contributed by atoms with Crippen molar-refractivity contribution in [3.63, 3.8) is 0 Å². The monoisotopic (exact) mass is 308 g/mol. The molecule has 1 aromatic carbocycles. The maximum atomic E-state index is 6.00. The van der Waals surface area contributed by atoms with Gasteiger partial charge >= 0.3 is 0 Å². The minimum absolute atomic E-state index is 0.123. The lowest BCUT2D eigenvalue weighted by molar-refractivity contribution is 0.0401. The number of ether oxygens (including phenoxy) is 1. The van der Waals surface area contributed by atoms with Crippen LogP contribution in [-0.4, -0.2) is 12.2 Å². The molecule has 18 heavy (non-hydrogen) atoms. The molecule has 0 saturated carbocycles. The average Bonchev–Trinajstić information content (AvgIpc) is 2.53. The lowest BCUT2D eigenvalue weighted by Crippen LogP contribution is -2.29. The molecule has 1 aliphatic heterocycles. The van der Waals surface area contributed by atoms with E-state index in [-0.39, 0.29) is 11.0 Å². The van der Waals surface area contributed by atoms with Gasteiger partial charge in [-0.25, -0.2) is 0 Å². The van der Waals surface area contributed by atoms with E-state index in [1.165, 1.54) is 16.7 Å². The molecule has 0 unspecified atom stereocenters. The zero-order valence-electron chi connectivity index (χ0n) is 11.8. The molecule has 0 amide bonds. The van der Waals surface area contributed by atoms with Crippen LogP contribution in [0.1, 0.15) is 40.2 Å². The van der Waals surface area contributed by atoms with Crippen molar-refractivity contribution >= 4 is 21.5 Å². The van der Waals surface area contributed by atoms with Gasteiger partial charge in [0.15, 0.2) is 0 Å². The molecule has 0 aromatic heterocycles. The first-order chi connectivity index (χ1) is 8.22. The van der Waals surface area contributed by atoms with Gasteiger partial charge in [0.25, 0.3) is 0 Å². The second-order valence-electron chi connectivity index (χ2n) is 6.41. The SMILES string of the molecule is CC(C)(C)C1=C(c2cccc(Br)c2)COC1(C)C. The fourth-order valence-electron chi connectivity index (χ4n) is 3.02. The van der Waals surface area contributed by atoms with E-state index < -0.39 is 0 Å². The molecule has 2 rings (SSSR count). The summed E-state index contributed by atoms with van der Waals surface area (Å²) in [6, 6.07) is 8.47. The fourth-order valence-corrected chi connectivity index (χ4v) is 3.42. The second kappa shape index (κ2) is 4.50. The Bertz CT molecular complexity index is 492. The molecule has 0 saturated heterocycles. The molecule has 0 fully saturated rings. The smallest absolute Gasteiger partial charge is 0.0851 e. The van der Waals surface area contributed by atoms with Gasteiger partial charge in [0.2, 0.25) is 0 Å². The first-order valence-corrected chi connectivity index (χ1v) is 7.15. The Kier molecular flexibility index (Phi) is 3.46. The van der Waals surface area contributed by atoms with Gasteiger partial charge in [0, 0.05) is 4.47 Å². The summed E-state index contributed by atoms with van der Waals surface area (Å²) in [7, 11) is 0. The summed E-state index contributed by atoms with van der Waals surface area (Å²) in [5.41, 5.74) is 3.97. The molecule has 98 valence electrons. The van der Waals surface area contributed by atoms with Crippen LogP contribution >= 0.6 is 15.9 Å². The molecule has 2 heteroatoms. The zero-order chi connectivity index (χ0) is 13.6. The van der Waals surface area contributed by atoms with Crippen LogP contribution in [0.25, 0.3) is 5.57 Å². The Labute approximate surface area is 118 Å². The number of hydrogen-bond acceptors (Lipinski definition) is 1. The van der Waals surface area contributed by atoms with Gasteiger partial charge in [-0.05, 0) is 48.1 Å². The molecule has 0 radical (unpaired) electrons. The van der Waals surface area contributed by atoms with Crippen LogP contribution in [0.3, 0.4) is 0 Å². The van der Waals surface area contributed by atoms with Gasteiger partial charge in [0.05, 0.1) is 12.2 Å². The first kappa shape index (κ1) is 13.8. The van der Waals surface area contributed by atoms with Crippen molar-refractivity contribution in [3.8, 4) is 0 Å². The van der Waals surface area contributed by atoms with E-state index in [4.69, 9.17) is 4.74 Å². The van der Waals surface area contributed by atoms with Crippen LogP contribution < -0.4 is 0 Å². The summed E-state index contributed by atoms with van der Waals surface area (Å²) in [6.07, 6.45) is 0. The van der Waals surface area contributed by atoms with Gasteiger partial charge in [-0.15, -0.1) is 0 Å². The standard InChI is InChI=1S/C16H21BrO/c1-15(2,3)14-13(10-18-16(14,4)5)11-7-6-8-12(17)9-11/h6-9H,10H2,1-5H3. The third-order valence-electron chi connectivity index (χ3n) is 3.40. The summed E-state index contributed by atoms with van der Waals surface area (Å²) >= 11 is 3.54. The Morgan fingerprint density at radius 3 is 2.44 bits per heavy atom. The van der Waals surface area contributed by atoms with Gasteiger partial charge in [-0.2, -0.15) is 0 Å². The maximum absolute atomic E-state index is 6.00. The van der Waals surface area contributed by atoms with Gasteiger partial charge in [-0.3, -0.25) is 0 Å². The summed E-state index contributed by atoms with van der Waals surface area (Å²) < 4.78 is 7.11.